The molecule has 2 aromatic carbocycles. The molecule has 0 amide bonds. The lowest BCUT2D eigenvalue weighted by molar-refractivity contribution is 0.415. The number of benzene rings is 2. The molecule has 0 saturated carbocycles. The van der Waals surface area contributed by atoms with Crippen LogP contribution in [0.25, 0.3) is 22.2 Å². The minimum absolute atomic E-state index is 0.527. The van der Waals surface area contributed by atoms with E-state index in [0.29, 0.717) is 24.5 Å². The summed E-state index contributed by atoms with van der Waals surface area (Å²) in [6.45, 7) is 3.91. The highest BCUT2D eigenvalue weighted by molar-refractivity contribution is 7.90. The Balaban J connectivity index is 1.77. The number of anilines is 2. The van der Waals surface area contributed by atoms with Crippen molar-refractivity contribution in [3.8, 4) is 17.0 Å². The predicted octanol–water partition coefficient (Wildman–Crippen LogP) is 3.67. The summed E-state index contributed by atoms with van der Waals surface area (Å²) in [4.78, 5) is 0. The zero-order valence-electron chi connectivity index (χ0n) is 16.7. The molecule has 2 heterocycles. The standard InChI is InChI=1S/C21H26N4O3S/c1-3-25-19-14-17(28-2)9-10-18(19)20(22)21(25)15-7-6-8-16(13-15)23-29(26,27)24-11-4-5-12-24/h6-10,13-14,23H,3-5,11-12,22H2,1-2H3. The normalized spacial score (nSPS) is 15.1. The summed E-state index contributed by atoms with van der Waals surface area (Å²) < 4.78 is 36.9. The number of ether oxygens (including phenoxy) is 1. The maximum atomic E-state index is 12.6. The Labute approximate surface area is 171 Å². The summed E-state index contributed by atoms with van der Waals surface area (Å²) in [5.74, 6) is 0.767. The molecule has 3 aromatic rings. The van der Waals surface area contributed by atoms with Crippen molar-refractivity contribution in [2.45, 2.75) is 26.3 Å². The van der Waals surface area contributed by atoms with Gasteiger partial charge in [-0.05, 0) is 44.0 Å². The number of nitrogen functional groups attached to an aromatic ring is 1. The van der Waals surface area contributed by atoms with Gasteiger partial charge in [0.1, 0.15) is 5.75 Å². The Bertz CT molecular complexity index is 1150. The van der Waals surface area contributed by atoms with Crippen LogP contribution in [0.15, 0.2) is 42.5 Å². The van der Waals surface area contributed by atoms with Crippen LogP contribution >= 0.6 is 0 Å². The van der Waals surface area contributed by atoms with Gasteiger partial charge in [0.2, 0.25) is 0 Å². The van der Waals surface area contributed by atoms with Crippen LogP contribution in [0.1, 0.15) is 19.8 Å². The second kappa shape index (κ2) is 7.61. The van der Waals surface area contributed by atoms with E-state index >= 15 is 0 Å². The van der Waals surface area contributed by atoms with Crippen LogP contribution < -0.4 is 15.2 Å². The number of hydrogen-bond donors (Lipinski definition) is 2. The quantitative estimate of drug-likeness (QED) is 0.644. The van der Waals surface area contributed by atoms with Crippen molar-refractivity contribution in [3.63, 3.8) is 0 Å². The molecule has 7 nitrogen and oxygen atoms in total. The lowest BCUT2D eigenvalue weighted by Crippen LogP contribution is -2.33. The summed E-state index contributed by atoms with van der Waals surface area (Å²) in [5.41, 5.74) is 10.4. The monoisotopic (exact) mass is 414 g/mol. The molecule has 1 aromatic heterocycles. The van der Waals surface area contributed by atoms with E-state index in [1.54, 1.807) is 13.2 Å². The van der Waals surface area contributed by atoms with E-state index in [1.165, 1.54) is 4.31 Å². The van der Waals surface area contributed by atoms with Crippen molar-refractivity contribution in [1.29, 1.82) is 0 Å². The van der Waals surface area contributed by atoms with Gasteiger partial charge in [0, 0.05) is 36.7 Å². The van der Waals surface area contributed by atoms with E-state index in [4.69, 9.17) is 10.5 Å². The smallest absolute Gasteiger partial charge is 0.301 e. The fraction of sp³-hybridized carbons (Fsp3) is 0.333. The first-order valence-electron chi connectivity index (χ1n) is 9.78. The minimum Gasteiger partial charge on any atom is -0.497 e. The summed E-state index contributed by atoms with van der Waals surface area (Å²) in [5, 5.41) is 0.950. The Morgan fingerprint density at radius 2 is 1.90 bits per heavy atom. The van der Waals surface area contributed by atoms with E-state index in [-0.39, 0.29) is 0 Å². The average Bonchev–Trinajstić information content (AvgIpc) is 3.35. The van der Waals surface area contributed by atoms with Gasteiger partial charge < -0.3 is 15.0 Å². The third-order valence-corrected chi connectivity index (χ3v) is 6.95. The first-order chi connectivity index (χ1) is 13.9. The second-order valence-electron chi connectivity index (χ2n) is 7.18. The van der Waals surface area contributed by atoms with E-state index in [0.717, 1.165) is 47.3 Å². The zero-order valence-corrected chi connectivity index (χ0v) is 17.5. The molecule has 0 radical (unpaired) electrons. The summed E-state index contributed by atoms with van der Waals surface area (Å²) >= 11 is 0. The summed E-state index contributed by atoms with van der Waals surface area (Å²) in [6.07, 6.45) is 1.80. The molecule has 0 unspecified atom stereocenters. The zero-order chi connectivity index (χ0) is 20.6. The van der Waals surface area contributed by atoms with Gasteiger partial charge in [-0.2, -0.15) is 12.7 Å². The van der Waals surface area contributed by atoms with Crippen LogP contribution in [0.5, 0.6) is 5.75 Å². The SMILES string of the molecule is CCn1c(-c2cccc(NS(=O)(=O)N3CCCC3)c2)c(N)c2ccc(OC)cc21. The Hall–Kier alpha value is -2.71. The molecule has 29 heavy (non-hydrogen) atoms. The molecule has 0 aliphatic carbocycles. The largest absolute Gasteiger partial charge is 0.497 e. The Morgan fingerprint density at radius 3 is 2.59 bits per heavy atom. The maximum Gasteiger partial charge on any atom is 0.301 e. The molecule has 1 fully saturated rings. The number of nitrogens with zero attached hydrogens (tertiary/aromatic N) is 2. The molecule has 1 saturated heterocycles. The fourth-order valence-electron chi connectivity index (χ4n) is 3.99. The second-order valence-corrected chi connectivity index (χ2v) is 8.85. The molecule has 1 aliphatic heterocycles. The molecule has 0 spiro atoms. The van der Waals surface area contributed by atoms with Gasteiger partial charge in [-0.3, -0.25) is 4.72 Å². The van der Waals surface area contributed by atoms with Gasteiger partial charge in [0.05, 0.1) is 29.7 Å². The van der Waals surface area contributed by atoms with Gasteiger partial charge in [-0.15, -0.1) is 0 Å². The van der Waals surface area contributed by atoms with Gasteiger partial charge in [-0.25, -0.2) is 0 Å². The minimum atomic E-state index is -3.54. The molecular formula is C21H26N4O3S. The maximum absolute atomic E-state index is 12.6. The van der Waals surface area contributed by atoms with Crippen LogP contribution in [0.3, 0.4) is 0 Å². The molecule has 8 heteroatoms. The first-order valence-corrected chi connectivity index (χ1v) is 11.2. The number of nitrogens with one attached hydrogen (secondary N) is 1. The highest BCUT2D eigenvalue weighted by atomic mass is 32.2. The number of rotatable bonds is 6. The fourth-order valence-corrected chi connectivity index (χ4v) is 5.29. The van der Waals surface area contributed by atoms with Crippen molar-refractivity contribution >= 4 is 32.5 Å². The number of aromatic nitrogens is 1. The van der Waals surface area contributed by atoms with Crippen LogP contribution in [-0.2, 0) is 16.8 Å². The number of nitrogens with two attached hydrogens (primary N) is 1. The molecule has 4 rings (SSSR count). The van der Waals surface area contributed by atoms with E-state index in [9.17, 15) is 8.42 Å². The lowest BCUT2D eigenvalue weighted by atomic mass is 10.1. The van der Waals surface area contributed by atoms with Gasteiger partial charge >= 0.3 is 10.2 Å². The highest BCUT2D eigenvalue weighted by Crippen LogP contribution is 2.38. The number of aryl methyl sites for hydroxylation is 1. The molecule has 0 bridgehead atoms. The molecule has 1 aliphatic rings. The molecular weight excluding hydrogens is 388 g/mol. The van der Waals surface area contributed by atoms with Crippen molar-refractivity contribution < 1.29 is 13.2 Å². The lowest BCUT2D eigenvalue weighted by Gasteiger charge is -2.17. The van der Waals surface area contributed by atoms with Crippen LogP contribution in [-0.4, -0.2) is 37.5 Å². The number of hydrogen-bond acceptors (Lipinski definition) is 4. The number of methoxy groups -OCH3 is 1. The molecule has 3 N–H and O–H groups in total. The van der Waals surface area contributed by atoms with Crippen molar-refractivity contribution in [2.75, 3.05) is 30.7 Å². The number of fused-ring (bicyclic) bond motifs is 1. The van der Waals surface area contributed by atoms with Gasteiger partial charge in [-0.1, -0.05) is 12.1 Å². The van der Waals surface area contributed by atoms with E-state index in [2.05, 4.69) is 16.2 Å². The third kappa shape index (κ3) is 3.54. The van der Waals surface area contributed by atoms with Crippen molar-refractivity contribution in [3.05, 3.63) is 42.5 Å². The topological polar surface area (TPSA) is 89.6 Å². The van der Waals surface area contributed by atoms with Crippen LogP contribution in [0, 0.1) is 0 Å². The van der Waals surface area contributed by atoms with E-state index in [1.807, 2.05) is 36.4 Å². The summed E-state index contributed by atoms with van der Waals surface area (Å²) in [6, 6.07) is 13.2. The predicted molar refractivity (Wildman–Crippen MR) is 117 cm³/mol. The van der Waals surface area contributed by atoms with Crippen LogP contribution in [0.4, 0.5) is 11.4 Å². The highest BCUT2D eigenvalue weighted by Gasteiger charge is 2.25. The Morgan fingerprint density at radius 1 is 1.14 bits per heavy atom. The Kier molecular flexibility index (Phi) is 5.14. The van der Waals surface area contributed by atoms with Crippen molar-refractivity contribution in [1.82, 2.24) is 8.87 Å². The summed E-state index contributed by atoms with van der Waals surface area (Å²) in [7, 11) is -1.90. The van der Waals surface area contributed by atoms with Gasteiger partial charge in [0.15, 0.2) is 0 Å². The van der Waals surface area contributed by atoms with Crippen molar-refractivity contribution in [2.24, 2.45) is 0 Å². The average molecular weight is 415 g/mol. The van der Waals surface area contributed by atoms with Gasteiger partial charge in [0.25, 0.3) is 0 Å². The van der Waals surface area contributed by atoms with Crippen LogP contribution in [0.2, 0.25) is 0 Å². The van der Waals surface area contributed by atoms with E-state index < -0.39 is 10.2 Å². The third-order valence-electron chi connectivity index (χ3n) is 5.41. The molecule has 154 valence electrons. The molecule has 0 atom stereocenters. The first kappa shape index (κ1) is 19.6.